The van der Waals surface area contributed by atoms with E-state index in [-0.39, 0.29) is 6.17 Å². The molecule has 0 fully saturated rings. The second-order valence-corrected chi connectivity index (χ2v) is 14.1. The van der Waals surface area contributed by atoms with Crippen LogP contribution in [0.25, 0.3) is 60.5 Å². The first-order chi connectivity index (χ1) is 24.8. The predicted molar refractivity (Wildman–Crippen MR) is 212 cm³/mol. The van der Waals surface area contributed by atoms with Crippen LogP contribution in [0.5, 0.6) is 0 Å². The van der Waals surface area contributed by atoms with Gasteiger partial charge in [-0.05, 0) is 88.0 Å². The number of aromatic nitrogens is 1. The Labute approximate surface area is 295 Å². The van der Waals surface area contributed by atoms with Crippen LogP contribution < -0.4 is 5.32 Å². The molecule has 8 aromatic rings. The van der Waals surface area contributed by atoms with E-state index in [0.29, 0.717) is 0 Å². The van der Waals surface area contributed by atoms with Gasteiger partial charge in [0, 0.05) is 31.7 Å². The lowest BCUT2D eigenvalue weighted by Crippen LogP contribution is -2.24. The first-order valence-electron chi connectivity index (χ1n) is 17.3. The molecule has 10 rings (SSSR count). The van der Waals surface area contributed by atoms with Crippen LogP contribution in [0.4, 0.5) is 0 Å². The molecule has 1 N–H and O–H groups in total. The summed E-state index contributed by atoms with van der Waals surface area (Å²) in [6.07, 6.45) is 8.82. The second-order valence-electron chi connectivity index (χ2n) is 13.1. The molecular weight excluding hydrogens is 627 g/mol. The normalized spacial score (nSPS) is 15.6. The van der Waals surface area contributed by atoms with Crippen molar-refractivity contribution in [2.75, 3.05) is 0 Å². The van der Waals surface area contributed by atoms with Crippen LogP contribution in [0.2, 0.25) is 0 Å². The lowest BCUT2D eigenvalue weighted by atomic mass is 9.97. The minimum atomic E-state index is -0.212. The van der Waals surface area contributed by atoms with E-state index >= 15 is 0 Å². The molecule has 1 atom stereocenters. The maximum absolute atomic E-state index is 5.20. The first-order valence-corrected chi connectivity index (χ1v) is 18.1. The quantitative estimate of drug-likeness (QED) is 0.196. The van der Waals surface area contributed by atoms with E-state index < -0.39 is 0 Å². The number of rotatable bonds is 5. The molecule has 0 radical (unpaired) electrons. The SMILES string of the molecule is C1=Cc2sc3c(-c4ccc5c6ccccc6n(-c6ccc(C7N=C(c8ccccc8)C=C(c8ccccc8)N7)cc6)c5c4)cccc3c2CC1. The lowest BCUT2D eigenvalue weighted by molar-refractivity contribution is 0.664. The number of hydrogen-bond acceptors (Lipinski definition) is 3. The number of nitrogens with zero attached hydrogens (tertiary/aromatic N) is 2. The smallest absolute Gasteiger partial charge is 0.145 e. The van der Waals surface area contributed by atoms with Crippen molar-refractivity contribution in [3.63, 3.8) is 0 Å². The highest BCUT2D eigenvalue weighted by atomic mass is 32.1. The van der Waals surface area contributed by atoms with E-state index in [1.165, 1.54) is 53.5 Å². The van der Waals surface area contributed by atoms with Gasteiger partial charge in [0.1, 0.15) is 6.17 Å². The summed E-state index contributed by atoms with van der Waals surface area (Å²) in [5, 5.41) is 7.65. The van der Waals surface area contributed by atoms with Gasteiger partial charge in [0.05, 0.1) is 16.7 Å². The van der Waals surface area contributed by atoms with Gasteiger partial charge in [-0.3, -0.25) is 4.99 Å². The Morgan fingerprint density at radius 3 is 2.22 bits per heavy atom. The third kappa shape index (κ3) is 4.83. The Kier molecular flexibility index (Phi) is 6.88. The molecule has 2 aromatic heterocycles. The number of aliphatic imine (C=N–C) groups is 1. The van der Waals surface area contributed by atoms with Crippen molar-refractivity contribution in [1.29, 1.82) is 0 Å². The van der Waals surface area contributed by atoms with Crippen LogP contribution in [-0.2, 0) is 6.42 Å². The van der Waals surface area contributed by atoms with Gasteiger partial charge in [-0.15, -0.1) is 11.3 Å². The van der Waals surface area contributed by atoms with Gasteiger partial charge in [0.25, 0.3) is 0 Å². The average Bonchev–Trinajstić information content (AvgIpc) is 3.74. The lowest BCUT2D eigenvalue weighted by Gasteiger charge is -2.25. The highest BCUT2D eigenvalue weighted by Gasteiger charge is 2.21. The summed E-state index contributed by atoms with van der Waals surface area (Å²) < 4.78 is 3.80. The average molecular weight is 660 g/mol. The topological polar surface area (TPSA) is 29.3 Å². The van der Waals surface area contributed by atoms with Crippen molar-refractivity contribution in [2.45, 2.75) is 19.0 Å². The van der Waals surface area contributed by atoms with Crippen LogP contribution in [0, 0.1) is 0 Å². The maximum Gasteiger partial charge on any atom is 0.145 e. The van der Waals surface area contributed by atoms with Crippen LogP contribution in [0.1, 0.15) is 39.7 Å². The molecule has 0 saturated heterocycles. The molecule has 238 valence electrons. The third-order valence-corrected chi connectivity index (χ3v) is 11.4. The zero-order valence-electron chi connectivity index (χ0n) is 27.4. The Morgan fingerprint density at radius 1 is 0.640 bits per heavy atom. The van der Waals surface area contributed by atoms with Gasteiger partial charge in [-0.2, -0.15) is 0 Å². The van der Waals surface area contributed by atoms with Gasteiger partial charge in [-0.25, -0.2) is 0 Å². The molecule has 2 aliphatic rings. The Bertz CT molecular complexity index is 2660. The fraction of sp³-hybridized carbons (Fsp3) is 0.0652. The van der Waals surface area contributed by atoms with E-state index in [9.17, 15) is 0 Å². The maximum atomic E-state index is 5.20. The number of allylic oxidation sites excluding steroid dienone is 2. The standard InChI is InChI=1S/C46H33N3S/c1-3-12-30(13-4-1)40-29-41(31-14-5-2-6-15-31)48-46(47-40)32-22-25-34(26-23-32)49-42-20-9-7-16-36(42)37-27-24-33(28-43(37)49)35-18-11-19-39-38-17-8-10-21-44(38)50-45(35)39/h1-7,9-16,18-29,46-47H,8,17H2. The third-order valence-electron chi connectivity index (χ3n) is 10.1. The largest absolute Gasteiger partial charge is 0.360 e. The fourth-order valence-electron chi connectivity index (χ4n) is 7.69. The summed E-state index contributed by atoms with van der Waals surface area (Å²) in [4.78, 5) is 6.61. The van der Waals surface area contributed by atoms with E-state index in [4.69, 9.17) is 4.99 Å². The second kappa shape index (κ2) is 11.9. The summed E-state index contributed by atoms with van der Waals surface area (Å²) in [5.41, 5.74) is 13.0. The Morgan fingerprint density at radius 2 is 1.38 bits per heavy atom. The van der Waals surface area contributed by atoms with Crippen molar-refractivity contribution < 1.29 is 0 Å². The van der Waals surface area contributed by atoms with Gasteiger partial charge in [0.15, 0.2) is 0 Å². The molecular formula is C46H33N3S. The number of nitrogens with one attached hydrogen (secondary N) is 1. The van der Waals surface area contributed by atoms with Crippen LogP contribution in [0.15, 0.2) is 163 Å². The number of benzene rings is 6. The summed E-state index contributed by atoms with van der Waals surface area (Å²) in [5.74, 6) is 0. The minimum Gasteiger partial charge on any atom is -0.360 e. The molecule has 0 amide bonds. The molecule has 1 aliphatic heterocycles. The number of aryl methyl sites for hydroxylation is 1. The molecule has 0 bridgehead atoms. The predicted octanol–water partition coefficient (Wildman–Crippen LogP) is 11.8. The molecule has 50 heavy (non-hydrogen) atoms. The van der Waals surface area contributed by atoms with E-state index in [2.05, 4.69) is 168 Å². The van der Waals surface area contributed by atoms with Crippen molar-refractivity contribution in [3.8, 4) is 16.8 Å². The van der Waals surface area contributed by atoms with Crippen molar-refractivity contribution >= 4 is 60.7 Å². The number of para-hydroxylation sites is 1. The monoisotopic (exact) mass is 659 g/mol. The molecule has 0 spiro atoms. The van der Waals surface area contributed by atoms with Crippen LogP contribution in [-0.4, -0.2) is 10.3 Å². The molecule has 0 saturated carbocycles. The molecule has 1 unspecified atom stereocenters. The van der Waals surface area contributed by atoms with Crippen molar-refractivity contribution in [2.24, 2.45) is 4.99 Å². The highest BCUT2D eigenvalue weighted by molar-refractivity contribution is 7.20. The summed E-state index contributed by atoms with van der Waals surface area (Å²) in [6, 6.07) is 52.5. The van der Waals surface area contributed by atoms with Crippen molar-refractivity contribution in [3.05, 3.63) is 185 Å². The summed E-state index contributed by atoms with van der Waals surface area (Å²) in [6.45, 7) is 0. The minimum absolute atomic E-state index is 0.212. The van der Waals surface area contributed by atoms with E-state index in [1.807, 2.05) is 17.4 Å². The first kappa shape index (κ1) is 29.0. The van der Waals surface area contributed by atoms with E-state index in [0.717, 1.165) is 46.6 Å². The number of thiophene rings is 1. The van der Waals surface area contributed by atoms with E-state index in [1.54, 1.807) is 0 Å². The summed E-state index contributed by atoms with van der Waals surface area (Å²) >= 11 is 1.93. The van der Waals surface area contributed by atoms with Gasteiger partial charge >= 0.3 is 0 Å². The molecule has 3 nitrogen and oxygen atoms in total. The number of hydrogen-bond donors (Lipinski definition) is 1. The van der Waals surface area contributed by atoms with Crippen molar-refractivity contribution in [1.82, 2.24) is 9.88 Å². The zero-order valence-corrected chi connectivity index (χ0v) is 28.2. The van der Waals surface area contributed by atoms with Gasteiger partial charge in [-0.1, -0.05) is 127 Å². The van der Waals surface area contributed by atoms with Gasteiger partial charge < -0.3 is 9.88 Å². The zero-order chi connectivity index (χ0) is 33.0. The van der Waals surface area contributed by atoms with Crippen LogP contribution >= 0.6 is 11.3 Å². The molecule has 6 aromatic carbocycles. The van der Waals surface area contributed by atoms with Gasteiger partial charge in [0.2, 0.25) is 0 Å². The molecule has 1 aliphatic carbocycles. The Hall–Kier alpha value is -5.97. The Balaban J connectivity index is 1.07. The summed E-state index contributed by atoms with van der Waals surface area (Å²) in [7, 11) is 0. The fourth-order valence-corrected chi connectivity index (χ4v) is 9.01. The molecule has 3 heterocycles. The molecule has 4 heteroatoms. The van der Waals surface area contributed by atoms with Crippen LogP contribution in [0.3, 0.4) is 0 Å². The highest BCUT2D eigenvalue weighted by Crippen LogP contribution is 2.42. The number of fused-ring (bicyclic) bond motifs is 6.